The molecule has 0 spiro atoms. The Morgan fingerprint density at radius 3 is 2.24 bits per heavy atom. The maximum absolute atomic E-state index is 2.43. The summed E-state index contributed by atoms with van der Waals surface area (Å²) in [6.07, 6.45) is 16.4. The monoisotopic (exact) mass is 324 g/mol. The largest absolute Gasteiger partial charge is 0.0798 e. The molecule has 0 radical (unpaired) electrons. The third-order valence-corrected chi connectivity index (χ3v) is 5.24. The van der Waals surface area contributed by atoms with Gasteiger partial charge in [0, 0.05) is 11.8 Å². The van der Waals surface area contributed by atoms with Crippen LogP contribution in [0.25, 0.3) is 5.57 Å². The number of hydrogen-bond acceptors (Lipinski definition) is 0. The molecule has 124 valence electrons. The predicted molar refractivity (Wildman–Crippen MR) is 107 cm³/mol. The van der Waals surface area contributed by atoms with Crippen LogP contribution in [-0.2, 0) is 0 Å². The zero-order valence-corrected chi connectivity index (χ0v) is 14.7. The lowest BCUT2D eigenvalue weighted by atomic mass is 9.82. The fourth-order valence-electron chi connectivity index (χ4n) is 3.77. The van der Waals surface area contributed by atoms with Crippen LogP contribution in [0.3, 0.4) is 0 Å². The van der Waals surface area contributed by atoms with Crippen LogP contribution in [0, 0.1) is 12.8 Å². The Morgan fingerprint density at radius 2 is 1.56 bits per heavy atom. The van der Waals surface area contributed by atoms with Crippen LogP contribution < -0.4 is 0 Å². The van der Waals surface area contributed by atoms with Gasteiger partial charge in [-0.15, -0.1) is 0 Å². The van der Waals surface area contributed by atoms with Crippen molar-refractivity contribution in [3.63, 3.8) is 0 Å². The van der Waals surface area contributed by atoms with E-state index in [9.17, 15) is 0 Å². The zero-order chi connectivity index (χ0) is 17.1. The second kappa shape index (κ2) is 7.11. The molecule has 0 amide bonds. The van der Waals surface area contributed by atoms with Crippen LogP contribution in [0.5, 0.6) is 0 Å². The predicted octanol–water partition coefficient (Wildman–Crippen LogP) is 6.62. The van der Waals surface area contributed by atoms with E-state index in [2.05, 4.69) is 98.0 Å². The molecule has 0 nitrogen and oxygen atoms in total. The van der Waals surface area contributed by atoms with E-state index in [1.54, 1.807) is 0 Å². The van der Waals surface area contributed by atoms with Gasteiger partial charge in [-0.2, -0.15) is 0 Å². The van der Waals surface area contributed by atoms with Crippen molar-refractivity contribution in [2.45, 2.75) is 25.7 Å². The van der Waals surface area contributed by atoms with Crippen molar-refractivity contribution < 1.29 is 0 Å². The maximum Gasteiger partial charge on any atom is 0.00559 e. The Kier molecular flexibility index (Phi) is 4.52. The fourth-order valence-corrected chi connectivity index (χ4v) is 3.77. The summed E-state index contributed by atoms with van der Waals surface area (Å²) in [6, 6.07) is 19.6. The van der Waals surface area contributed by atoms with Crippen molar-refractivity contribution in [3.8, 4) is 0 Å². The minimum Gasteiger partial charge on any atom is -0.0798 e. The van der Waals surface area contributed by atoms with Crippen molar-refractivity contribution in [2.24, 2.45) is 5.92 Å². The number of allylic oxidation sites excluding steroid dienone is 8. The Hall–Kier alpha value is -2.60. The molecule has 2 unspecified atom stereocenters. The van der Waals surface area contributed by atoms with Crippen molar-refractivity contribution in [2.75, 3.05) is 0 Å². The van der Waals surface area contributed by atoms with E-state index in [4.69, 9.17) is 0 Å². The maximum atomic E-state index is 2.43. The van der Waals surface area contributed by atoms with Gasteiger partial charge >= 0.3 is 0 Å². The molecule has 0 saturated heterocycles. The lowest BCUT2D eigenvalue weighted by Gasteiger charge is -2.22. The van der Waals surface area contributed by atoms with Gasteiger partial charge in [-0.05, 0) is 42.0 Å². The van der Waals surface area contributed by atoms with Crippen LogP contribution in [0.2, 0.25) is 0 Å². The number of rotatable bonds is 3. The van der Waals surface area contributed by atoms with Crippen LogP contribution in [-0.4, -0.2) is 0 Å². The summed E-state index contributed by atoms with van der Waals surface area (Å²) in [5, 5.41) is 0. The van der Waals surface area contributed by atoms with Gasteiger partial charge in [0.15, 0.2) is 0 Å². The summed E-state index contributed by atoms with van der Waals surface area (Å²) >= 11 is 0. The summed E-state index contributed by atoms with van der Waals surface area (Å²) < 4.78 is 0. The van der Waals surface area contributed by atoms with Gasteiger partial charge in [-0.3, -0.25) is 0 Å². The van der Waals surface area contributed by atoms with Gasteiger partial charge < -0.3 is 0 Å². The van der Waals surface area contributed by atoms with Gasteiger partial charge in [0.2, 0.25) is 0 Å². The van der Waals surface area contributed by atoms with Crippen LogP contribution in [0.1, 0.15) is 35.4 Å². The van der Waals surface area contributed by atoms with Gasteiger partial charge in [0.1, 0.15) is 0 Å². The highest BCUT2D eigenvalue weighted by molar-refractivity contribution is 5.75. The van der Waals surface area contributed by atoms with E-state index in [-0.39, 0.29) is 0 Å². The third kappa shape index (κ3) is 3.58. The van der Waals surface area contributed by atoms with E-state index in [1.165, 1.54) is 27.8 Å². The van der Waals surface area contributed by atoms with Crippen LogP contribution in [0.4, 0.5) is 0 Å². The zero-order valence-electron chi connectivity index (χ0n) is 14.7. The molecular weight excluding hydrogens is 300 g/mol. The molecule has 0 aromatic heterocycles. The smallest absolute Gasteiger partial charge is 0.00559 e. The van der Waals surface area contributed by atoms with Gasteiger partial charge in [-0.25, -0.2) is 0 Å². The van der Waals surface area contributed by atoms with Gasteiger partial charge in [0.05, 0.1) is 0 Å². The van der Waals surface area contributed by atoms with Crippen molar-refractivity contribution in [1.29, 1.82) is 0 Å². The van der Waals surface area contributed by atoms with Crippen molar-refractivity contribution >= 4 is 5.57 Å². The average Bonchev–Trinajstić information content (AvgIpc) is 2.69. The molecular formula is C25H24. The summed E-state index contributed by atoms with van der Waals surface area (Å²) in [6.45, 7) is 2.15. The van der Waals surface area contributed by atoms with Crippen LogP contribution >= 0.6 is 0 Å². The molecule has 0 aliphatic heterocycles. The second-order valence-corrected chi connectivity index (χ2v) is 7.05. The van der Waals surface area contributed by atoms with E-state index in [0.717, 1.165) is 12.8 Å². The summed E-state index contributed by atoms with van der Waals surface area (Å²) in [5.74, 6) is 1.04. The van der Waals surface area contributed by atoms with Crippen LogP contribution in [0.15, 0.2) is 96.6 Å². The first-order chi connectivity index (χ1) is 12.3. The summed E-state index contributed by atoms with van der Waals surface area (Å²) in [7, 11) is 0. The Bertz CT molecular complexity index is 862. The van der Waals surface area contributed by atoms with E-state index in [1.807, 2.05) is 0 Å². The topological polar surface area (TPSA) is 0 Å². The van der Waals surface area contributed by atoms with E-state index < -0.39 is 0 Å². The quantitative estimate of drug-likeness (QED) is 0.595. The molecule has 0 bridgehead atoms. The van der Waals surface area contributed by atoms with Crippen molar-refractivity contribution in [1.82, 2.24) is 0 Å². The third-order valence-electron chi connectivity index (χ3n) is 5.24. The average molecular weight is 324 g/mol. The molecule has 0 N–H and O–H groups in total. The van der Waals surface area contributed by atoms with E-state index in [0.29, 0.717) is 11.8 Å². The van der Waals surface area contributed by atoms with E-state index >= 15 is 0 Å². The molecule has 0 heterocycles. The highest BCUT2D eigenvalue weighted by Gasteiger charge is 2.17. The number of aryl methyl sites for hydroxylation is 1. The van der Waals surface area contributed by atoms with Crippen molar-refractivity contribution in [3.05, 3.63) is 113 Å². The fraction of sp³-hybridized carbons (Fsp3) is 0.200. The molecule has 25 heavy (non-hydrogen) atoms. The Labute approximate surface area is 150 Å². The highest BCUT2D eigenvalue weighted by Crippen LogP contribution is 2.34. The molecule has 2 aromatic rings. The number of hydrogen-bond donors (Lipinski definition) is 0. The SMILES string of the molecule is Cc1cccc(C2=CCC(C3=CCC(c4ccccc4)C=C3)C=C2)c1. The lowest BCUT2D eigenvalue weighted by Crippen LogP contribution is -2.06. The second-order valence-electron chi connectivity index (χ2n) is 7.05. The molecule has 4 rings (SSSR count). The first-order valence-corrected chi connectivity index (χ1v) is 9.18. The summed E-state index contributed by atoms with van der Waals surface area (Å²) in [5.41, 5.74) is 6.87. The first-order valence-electron chi connectivity index (χ1n) is 9.18. The van der Waals surface area contributed by atoms with Gasteiger partial charge in [0.25, 0.3) is 0 Å². The lowest BCUT2D eigenvalue weighted by molar-refractivity contribution is 0.752. The normalized spacial score (nSPS) is 22.4. The Balaban J connectivity index is 1.43. The highest BCUT2D eigenvalue weighted by atomic mass is 14.2. The Morgan fingerprint density at radius 1 is 0.760 bits per heavy atom. The van der Waals surface area contributed by atoms with Gasteiger partial charge in [-0.1, -0.05) is 96.6 Å². The summed E-state index contributed by atoms with van der Waals surface area (Å²) in [4.78, 5) is 0. The minimum absolute atomic E-state index is 0.515. The molecule has 2 atom stereocenters. The molecule has 0 heteroatoms. The standard InChI is InChI=1S/C25H24/c1-19-6-5-9-25(18-19)24-16-14-23(15-17-24)22-12-10-21(11-13-22)20-7-3-2-4-8-20/h2-10,12-14,16-18,21,23H,11,15H2,1H3. The molecule has 2 aliphatic rings. The minimum atomic E-state index is 0.515. The molecule has 2 aromatic carbocycles. The molecule has 0 saturated carbocycles. The molecule has 0 fully saturated rings. The number of benzene rings is 2. The first kappa shape index (κ1) is 15.9. The molecule has 2 aliphatic carbocycles.